The first-order chi connectivity index (χ1) is 10.5. The molecule has 0 aliphatic carbocycles. The van der Waals surface area contributed by atoms with Gasteiger partial charge in [-0.1, -0.05) is 13.3 Å². The summed E-state index contributed by atoms with van der Waals surface area (Å²) >= 11 is 0. The van der Waals surface area contributed by atoms with E-state index in [1.165, 1.54) is 0 Å². The van der Waals surface area contributed by atoms with E-state index in [1.54, 1.807) is 19.1 Å². The topological polar surface area (TPSA) is 123 Å². The fraction of sp³-hybridized carbons (Fsp3) is 0.400. The Labute approximate surface area is 129 Å². The molecule has 7 heteroatoms. The van der Waals surface area contributed by atoms with Gasteiger partial charge in [0.15, 0.2) is 5.82 Å². The van der Waals surface area contributed by atoms with Crippen LogP contribution in [0.2, 0.25) is 0 Å². The molecule has 0 bridgehead atoms. The largest absolute Gasteiger partial charge is 0.325 e. The lowest BCUT2D eigenvalue weighted by molar-refractivity contribution is -0.120. The van der Waals surface area contributed by atoms with Crippen LogP contribution in [0.15, 0.2) is 24.3 Å². The van der Waals surface area contributed by atoms with Gasteiger partial charge >= 0.3 is 0 Å². The molecule has 22 heavy (non-hydrogen) atoms. The Bertz CT molecular complexity index is 632. The van der Waals surface area contributed by atoms with Crippen molar-refractivity contribution in [2.24, 2.45) is 11.5 Å². The van der Waals surface area contributed by atoms with Crippen LogP contribution in [0.3, 0.4) is 0 Å². The molecule has 1 unspecified atom stereocenters. The van der Waals surface area contributed by atoms with Gasteiger partial charge < -0.3 is 16.8 Å². The molecule has 0 fully saturated rings. The van der Waals surface area contributed by atoms with Gasteiger partial charge in [0.05, 0.1) is 12.1 Å². The number of aromatic nitrogens is 3. The van der Waals surface area contributed by atoms with Crippen LogP contribution in [-0.2, 0) is 11.3 Å². The average molecular weight is 302 g/mol. The van der Waals surface area contributed by atoms with Crippen LogP contribution in [0, 0.1) is 0 Å². The van der Waals surface area contributed by atoms with Crippen LogP contribution in [0.25, 0.3) is 11.4 Å². The number of hydrogen-bond acceptors (Lipinski definition) is 5. The van der Waals surface area contributed by atoms with Gasteiger partial charge in [-0.05, 0) is 37.6 Å². The quantitative estimate of drug-likeness (QED) is 0.642. The highest BCUT2D eigenvalue weighted by molar-refractivity contribution is 5.97. The number of benzene rings is 1. The first-order valence-corrected chi connectivity index (χ1v) is 7.28. The van der Waals surface area contributed by atoms with Gasteiger partial charge in [-0.3, -0.25) is 9.89 Å². The van der Waals surface area contributed by atoms with Crippen LogP contribution in [0.4, 0.5) is 5.69 Å². The molecule has 1 heterocycles. The molecule has 0 radical (unpaired) electrons. The van der Waals surface area contributed by atoms with Crippen molar-refractivity contribution in [2.45, 2.75) is 38.8 Å². The Morgan fingerprint density at radius 2 is 2.05 bits per heavy atom. The minimum atomic E-state index is -0.868. The second-order valence-electron chi connectivity index (χ2n) is 5.51. The zero-order valence-corrected chi connectivity index (χ0v) is 12.9. The van der Waals surface area contributed by atoms with E-state index >= 15 is 0 Å². The predicted octanol–water partition coefficient (Wildman–Crippen LogP) is 1.39. The lowest BCUT2D eigenvalue weighted by Gasteiger charge is -2.22. The number of nitrogens with two attached hydrogens (primary N) is 2. The van der Waals surface area contributed by atoms with Crippen molar-refractivity contribution in [3.05, 3.63) is 30.1 Å². The minimum Gasteiger partial charge on any atom is -0.325 e. The zero-order valence-electron chi connectivity index (χ0n) is 12.9. The highest BCUT2D eigenvalue weighted by Crippen LogP contribution is 2.19. The minimum absolute atomic E-state index is 0.189. The second-order valence-corrected chi connectivity index (χ2v) is 5.51. The summed E-state index contributed by atoms with van der Waals surface area (Å²) in [7, 11) is 0. The molecule has 0 saturated heterocycles. The maximum Gasteiger partial charge on any atom is 0.244 e. The number of anilines is 1. The average Bonchev–Trinajstić information content (AvgIpc) is 2.97. The van der Waals surface area contributed by atoms with Gasteiger partial charge in [0, 0.05) is 11.3 Å². The van der Waals surface area contributed by atoms with E-state index in [-0.39, 0.29) is 5.91 Å². The predicted molar refractivity (Wildman–Crippen MR) is 85.8 cm³/mol. The van der Waals surface area contributed by atoms with E-state index in [9.17, 15) is 4.79 Å². The van der Waals surface area contributed by atoms with Crippen LogP contribution in [-0.4, -0.2) is 26.6 Å². The summed E-state index contributed by atoms with van der Waals surface area (Å²) in [5.41, 5.74) is 12.2. The third-order valence-corrected chi connectivity index (χ3v) is 3.41. The number of nitrogens with one attached hydrogen (secondary N) is 2. The Hall–Kier alpha value is -2.25. The lowest BCUT2D eigenvalue weighted by atomic mass is 9.96. The third-order valence-electron chi connectivity index (χ3n) is 3.41. The van der Waals surface area contributed by atoms with E-state index in [0.29, 0.717) is 30.3 Å². The van der Waals surface area contributed by atoms with Crippen molar-refractivity contribution in [1.82, 2.24) is 15.2 Å². The first-order valence-electron chi connectivity index (χ1n) is 7.28. The maximum atomic E-state index is 12.1. The number of carbonyl (C=O) groups is 1. The normalized spacial score (nSPS) is 13.6. The molecule has 1 aromatic carbocycles. The maximum absolute atomic E-state index is 12.1. The molecule has 1 atom stereocenters. The Morgan fingerprint density at radius 3 is 2.59 bits per heavy atom. The van der Waals surface area contributed by atoms with Crippen LogP contribution < -0.4 is 16.8 Å². The molecule has 0 spiro atoms. The van der Waals surface area contributed by atoms with E-state index in [4.69, 9.17) is 11.5 Å². The molecule has 0 aliphatic rings. The monoisotopic (exact) mass is 302 g/mol. The number of H-pyrrole nitrogens is 1. The van der Waals surface area contributed by atoms with Gasteiger partial charge in [0.1, 0.15) is 5.82 Å². The van der Waals surface area contributed by atoms with E-state index in [0.717, 1.165) is 12.0 Å². The molecule has 1 amide bonds. The number of aromatic amines is 1. The summed E-state index contributed by atoms with van der Waals surface area (Å²) in [6.45, 7) is 4.05. The van der Waals surface area contributed by atoms with E-state index < -0.39 is 5.54 Å². The molecular weight excluding hydrogens is 280 g/mol. The zero-order chi connectivity index (χ0) is 16.2. The fourth-order valence-corrected chi connectivity index (χ4v) is 2.13. The van der Waals surface area contributed by atoms with Crippen molar-refractivity contribution in [1.29, 1.82) is 0 Å². The number of hydrogen-bond donors (Lipinski definition) is 4. The summed E-state index contributed by atoms with van der Waals surface area (Å²) < 4.78 is 0. The van der Waals surface area contributed by atoms with E-state index in [2.05, 4.69) is 20.5 Å². The standard InChI is InChI=1S/C15H22N6O/c1-3-8-15(2,17)14(22)18-11-6-4-10(5-7-11)13-19-12(9-16)20-21-13/h4-7H,3,8-9,16-17H2,1-2H3,(H,18,22)(H,19,20,21). The van der Waals surface area contributed by atoms with Gasteiger partial charge in [0.2, 0.25) is 5.91 Å². The highest BCUT2D eigenvalue weighted by atomic mass is 16.2. The number of amides is 1. The Morgan fingerprint density at radius 1 is 1.36 bits per heavy atom. The van der Waals surface area contributed by atoms with Gasteiger partial charge in [0.25, 0.3) is 0 Å². The van der Waals surface area contributed by atoms with E-state index in [1.807, 2.05) is 19.1 Å². The fourth-order valence-electron chi connectivity index (χ4n) is 2.13. The van der Waals surface area contributed by atoms with Crippen molar-refractivity contribution in [3.8, 4) is 11.4 Å². The lowest BCUT2D eigenvalue weighted by Crippen LogP contribution is -2.48. The highest BCUT2D eigenvalue weighted by Gasteiger charge is 2.27. The molecule has 2 rings (SSSR count). The summed E-state index contributed by atoms with van der Waals surface area (Å²) in [4.78, 5) is 16.4. The first kappa shape index (κ1) is 16.1. The molecule has 1 aromatic heterocycles. The van der Waals surface area contributed by atoms with Crippen LogP contribution >= 0.6 is 0 Å². The van der Waals surface area contributed by atoms with Crippen molar-refractivity contribution < 1.29 is 4.79 Å². The van der Waals surface area contributed by atoms with Gasteiger partial charge in [-0.25, -0.2) is 4.98 Å². The Kier molecular flexibility index (Phi) is 4.89. The summed E-state index contributed by atoms with van der Waals surface area (Å²) in [6, 6.07) is 7.28. The van der Waals surface area contributed by atoms with Crippen LogP contribution in [0.1, 0.15) is 32.5 Å². The van der Waals surface area contributed by atoms with Gasteiger partial charge in [-0.15, -0.1) is 0 Å². The number of nitrogens with zero attached hydrogens (tertiary/aromatic N) is 2. The van der Waals surface area contributed by atoms with Gasteiger partial charge in [-0.2, -0.15) is 5.10 Å². The molecule has 6 N–H and O–H groups in total. The summed E-state index contributed by atoms with van der Waals surface area (Å²) in [6.07, 6.45) is 1.49. The second kappa shape index (κ2) is 6.67. The SMILES string of the molecule is CCCC(C)(N)C(=O)Nc1ccc(-c2n[nH]c(CN)n2)cc1. The van der Waals surface area contributed by atoms with Crippen molar-refractivity contribution in [3.63, 3.8) is 0 Å². The summed E-state index contributed by atoms with van der Waals surface area (Å²) in [5, 5.41) is 9.68. The van der Waals surface area contributed by atoms with Crippen LogP contribution in [0.5, 0.6) is 0 Å². The molecular formula is C15H22N6O. The molecule has 118 valence electrons. The summed E-state index contributed by atoms with van der Waals surface area (Å²) in [5.74, 6) is 1.02. The van der Waals surface area contributed by atoms with Crippen molar-refractivity contribution >= 4 is 11.6 Å². The molecule has 0 aliphatic heterocycles. The number of carbonyl (C=O) groups excluding carboxylic acids is 1. The Balaban J connectivity index is 2.07. The smallest absolute Gasteiger partial charge is 0.244 e. The van der Waals surface area contributed by atoms with Crippen molar-refractivity contribution in [2.75, 3.05) is 5.32 Å². The molecule has 7 nitrogen and oxygen atoms in total. The number of rotatable bonds is 6. The molecule has 2 aromatic rings. The molecule has 0 saturated carbocycles. The third kappa shape index (κ3) is 3.69.